The number of alkyl halides is 1. The maximum absolute atomic E-state index is 12.9. The maximum Gasteiger partial charge on any atom is 0.305 e. The van der Waals surface area contributed by atoms with E-state index in [1.165, 1.54) is 16.9 Å². The van der Waals surface area contributed by atoms with Crippen LogP contribution in [0.2, 0.25) is 0 Å². The van der Waals surface area contributed by atoms with Gasteiger partial charge in [0.15, 0.2) is 5.78 Å². The van der Waals surface area contributed by atoms with Crippen molar-refractivity contribution in [1.82, 2.24) is 15.1 Å². The number of benzene rings is 1. The van der Waals surface area contributed by atoms with Crippen molar-refractivity contribution >= 4 is 17.7 Å². The highest BCUT2D eigenvalue weighted by molar-refractivity contribution is 5.94. The average molecular weight is 417 g/mol. The van der Waals surface area contributed by atoms with Gasteiger partial charge in [-0.15, -0.1) is 0 Å². The zero-order chi connectivity index (χ0) is 22.3. The Morgan fingerprint density at radius 1 is 1.27 bits per heavy atom. The first kappa shape index (κ1) is 22.9. The fraction of sp³-hybridized carbons (Fsp3) is 0.381. The summed E-state index contributed by atoms with van der Waals surface area (Å²) >= 11 is 0. The minimum Gasteiger partial charge on any atom is -0.481 e. The molecule has 2 aromatic rings. The number of aromatic nitrogens is 2. The molecule has 8 nitrogen and oxygen atoms in total. The van der Waals surface area contributed by atoms with Gasteiger partial charge in [0.2, 0.25) is 5.91 Å². The van der Waals surface area contributed by atoms with Gasteiger partial charge in [-0.1, -0.05) is 36.8 Å². The van der Waals surface area contributed by atoms with Crippen LogP contribution in [0.4, 0.5) is 4.39 Å². The lowest BCUT2D eigenvalue weighted by atomic mass is 9.96. The molecule has 0 bridgehead atoms. The first-order chi connectivity index (χ1) is 14.3. The number of Topliss-reactive ketones (excluding diaryl/α,β-unsaturated/α-hetero) is 1. The van der Waals surface area contributed by atoms with E-state index in [1.54, 1.807) is 6.92 Å². The van der Waals surface area contributed by atoms with E-state index in [9.17, 15) is 23.6 Å². The number of carboxylic acid groups (broad SMARTS) is 1. The number of halogens is 1. The second-order valence-corrected chi connectivity index (χ2v) is 6.96. The quantitative estimate of drug-likeness (QED) is 0.606. The van der Waals surface area contributed by atoms with Gasteiger partial charge in [-0.3, -0.25) is 19.2 Å². The lowest BCUT2D eigenvalue weighted by Crippen LogP contribution is -2.45. The minimum absolute atomic E-state index is 0.166. The summed E-state index contributed by atoms with van der Waals surface area (Å²) in [4.78, 5) is 48.2. The highest BCUT2D eigenvalue weighted by atomic mass is 19.1. The number of hydrogen-bond donors (Lipinski definition) is 2. The molecule has 160 valence electrons. The minimum atomic E-state index is -1.49. The van der Waals surface area contributed by atoms with Gasteiger partial charge in [0, 0.05) is 11.8 Å². The van der Waals surface area contributed by atoms with Gasteiger partial charge in [-0.25, -0.2) is 9.07 Å². The Morgan fingerprint density at radius 2 is 2.00 bits per heavy atom. The standard InChI is InChI=1S/C21H24FN3O5/c1-3-15(20(29)24-17(10-19(27)28)18(26)11-22)16-7-8-23-25(21(16)30)12-14-6-4-5-13(2)9-14/h4-9,15,17H,3,10-12H2,1-2H3,(H,24,29)(H,27,28). The van der Waals surface area contributed by atoms with E-state index in [1.807, 2.05) is 31.2 Å². The van der Waals surface area contributed by atoms with E-state index >= 15 is 0 Å². The van der Waals surface area contributed by atoms with Crippen LogP contribution < -0.4 is 10.9 Å². The number of aliphatic carboxylic acids is 1. The summed E-state index contributed by atoms with van der Waals surface area (Å²) in [5.74, 6) is -4.03. The number of carbonyl (C=O) groups excluding carboxylic acids is 2. The number of aryl methyl sites for hydroxylation is 1. The predicted octanol–water partition coefficient (Wildman–Crippen LogP) is 1.59. The van der Waals surface area contributed by atoms with Crippen molar-refractivity contribution in [2.45, 2.75) is 45.2 Å². The number of carboxylic acids is 1. The summed E-state index contributed by atoms with van der Waals surface area (Å²) in [7, 11) is 0. The molecule has 0 fully saturated rings. The Balaban J connectivity index is 2.29. The summed E-state index contributed by atoms with van der Waals surface area (Å²) in [6, 6.07) is 7.50. The van der Waals surface area contributed by atoms with Gasteiger partial charge >= 0.3 is 5.97 Å². The molecule has 2 rings (SSSR count). The van der Waals surface area contributed by atoms with Crippen LogP contribution in [0, 0.1) is 6.92 Å². The summed E-state index contributed by atoms with van der Waals surface area (Å²) in [5, 5.41) is 15.3. The Hall–Kier alpha value is -3.36. The van der Waals surface area contributed by atoms with Gasteiger partial charge in [-0.05, 0) is 25.0 Å². The maximum atomic E-state index is 12.9. The third kappa shape index (κ3) is 5.82. The highest BCUT2D eigenvalue weighted by Crippen LogP contribution is 2.17. The molecule has 9 heteroatoms. The zero-order valence-electron chi connectivity index (χ0n) is 16.8. The van der Waals surface area contributed by atoms with E-state index in [0.29, 0.717) is 0 Å². The van der Waals surface area contributed by atoms with Crippen molar-refractivity contribution in [2.75, 3.05) is 6.67 Å². The molecule has 1 heterocycles. The molecule has 1 aromatic heterocycles. The number of nitrogens with zero attached hydrogens (tertiary/aromatic N) is 2. The lowest BCUT2D eigenvalue weighted by Gasteiger charge is -2.20. The SMILES string of the molecule is CCC(C(=O)NC(CC(=O)O)C(=O)CF)c1ccnn(Cc2cccc(C)c2)c1=O. The van der Waals surface area contributed by atoms with Gasteiger partial charge in [0.25, 0.3) is 5.56 Å². The van der Waals surface area contributed by atoms with E-state index in [4.69, 9.17) is 5.11 Å². The van der Waals surface area contributed by atoms with Crippen LogP contribution in [-0.4, -0.2) is 45.3 Å². The summed E-state index contributed by atoms with van der Waals surface area (Å²) < 4.78 is 14.0. The number of rotatable bonds is 10. The van der Waals surface area contributed by atoms with Crippen LogP contribution in [0.3, 0.4) is 0 Å². The molecule has 0 aliphatic carbocycles. The first-order valence-electron chi connectivity index (χ1n) is 9.49. The molecule has 0 radical (unpaired) electrons. The fourth-order valence-corrected chi connectivity index (χ4v) is 3.16. The molecule has 0 saturated heterocycles. The summed E-state index contributed by atoms with van der Waals surface area (Å²) in [6.07, 6.45) is 0.891. The number of amides is 1. The van der Waals surface area contributed by atoms with Crippen molar-refractivity contribution in [3.8, 4) is 0 Å². The Bertz CT molecular complexity index is 989. The van der Waals surface area contributed by atoms with Crippen LogP contribution in [0.15, 0.2) is 41.3 Å². The Labute approximate surface area is 172 Å². The number of nitrogens with one attached hydrogen (secondary N) is 1. The van der Waals surface area contributed by atoms with Crippen LogP contribution in [0.1, 0.15) is 42.4 Å². The topological polar surface area (TPSA) is 118 Å². The molecular weight excluding hydrogens is 393 g/mol. The molecule has 0 spiro atoms. The molecule has 2 unspecified atom stereocenters. The van der Waals surface area contributed by atoms with Crippen molar-refractivity contribution in [3.05, 3.63) is 63.6 Å². The third-order valence-electron chi connectivity index (χ3n) is 4.67. The summed E-state index contributed by atoms with van der Waals surface area (Å²) in [6.45, 7) is 2.43. The van der Waals surface area contributed by atoms with Crippen molar-refractivity contribution in [2.24, 2.45) is 0 Å². The van der Waals surface area contributed by atoms with Gasteiger partial charge in [-0.2, -0.15) is 5.10 Å². The van der Waals surface area contributed by atoms with Crippen molar-refractivity contribution in [1.29, 1.82) is 0 Å². The fourth-order valence-electron chi connectivity index (χ4n) is 3.16. The van der Waals surface area contributed by atoms with Crippen LogP contribution in [0.25, 0.3) is 0 Å². The smallest absolute Gasteiger partial charge is 0.305 e. The number of carbonyl (C=O) groups is 3. The normalized spacial score (nSPS) is 12.8. The highest BCUT2D eigenvalue weighted by Gasteiger charge is 2.29. The molecule has 1 aromatic carbocycles. The van der Waals surface area contributed by atoms with E-state index < -0.39 is 48.3 Å². The molecule has 1 amide bonds. The largest absolute Gasteiger partial charge is 0.481 e. The van der Waals surface area contributed by atoms with E-state index in [-0.39, 0.29) is 18.5 Å². The van der Waals surface area contributed by atoms with Gasteiger partial charge < -0.3 is 10.4 Å². The molecule has 2 atom stereocenters. The first-order valence-corrected chi connectivity index (χ1v) is 9.49. The average Bonchev–Trinajstić information content (AvgIpc) is 2.69. The van der Waals surface area contributed by atoms with Crippen LogP contribution in [0.5, 0.6) is 0 Å². The molecule has 0 saturated carbocycles. The van der Waals surface area contributed by atoms with Gasteiger partial charge in [0.05, 0.1) is 18.9 Å². The third-order valence-corrected chi connectivity index (χ3v) is 4.67. The molecule has 0 aliphatic heterocycles. The molecule has 30 heavy (non-hydrogen) atoms. The second kappa shape index (κ2) is 10.4. The second-order valence-electron chi connectivity index (χ2n) is 6.96. The zero-order valence-corrected chi connectivity index (χ0v) is 16.8. The number of hydrogen-bond acceptors (Lipinski definition) is 5. The lowest BCUT2D eigenvalue weighted by molar-refractivity contribution is -0.140. The van der Waals surface area contributed by atoms with Crippen molar-refractivity contribution in [3.63, 3.8) is 0 Å². The monoisotopic (exact) mass is 417 g/mol. The van der Waals surface area contributed by atoms with E-state index in [2.05, 4.69) is 10.4 Å². The molecular formula is C21H24FN3O5. The summed E-state index contributed by atoms with van der Waals surface area (Å²) in [5.41, 5.74) is 1.60. The van der Waals surface area contributed by atoms with E-state index in [0.717, 1.165) is 11.1 Å². The molecule has 0 aliphatic rings. The number of ketones is 1. The van der Waals surface area contributed by atoms with Crippen LogP contribution in [-0.2, 0) is 20.9 Å². The van der Waals surface area contributed by atoms with Gasteiger partial charge in [0.1, 0.15) is 12.7 Å². The Morgan fingerprint density at radius 3 is 2.60 bits per heavy atom. The van der Waals surface area contributed by atoms with Crippen LogP contribution >= 0.6 is 0 Å². The Kier molecular flexibility index (Phi) is 7.97. The van der Waals surface area contributed by atoms with Crippen molar-refractivity contribution < 1.29 is 23.9 Å². The predicted molar refractivity (Wildman–Crippen MR) is 107 cm³/mol. The molecule has 2 N–H and O–H groups in total.